The van der Waals surface area contributed by atoms with Gasteiger partial charge in [-0.25, -0.2) is 9.18 Å². The van der Waals surface area contributed by atoms with Gasteiger partial charge in [-0.15, -0.1) is 0 Å². The van der Waals surface area contributed by atoms with Crippen molar-refractivity contribution in [1.82, 2.24) is 10.2 Å². The quantitative estimate of drug-likeness (QED) is 0.869. The molecule has 1 aromatic rings. The number of nitrogens with one attached hydrogen (secondary N) is 1. The Morgan fingerprint density at radius 1 is 1.32 bits per heavy atom. The molecule has 7 nitrogen and oxygen atoms in total. The Hall–Kier alpha value is -2.64. The summed E-state index contributed by atoms with van der Waals surface area (Å²) in [6.45, 7) is 2.95. The molecule has 2 heterocycles. The summed E-state index contributed by atoms with van der Waals surface area (Å²) in [5.41, 5.74) is -0.735. The van der Waals surface area contributed by atoms with Crippen LogP contribution in [0.2, 0.25) is 0 Å². The van der Waals surface area contributed by atoms with E-state index in [1.807, 2.05) is 0 Å². The maximum absolute atomic E-state index is 14.2. The summed E-state index contributed by atoms with van der Waals surface area (Å²) in [5, 5.41) is 12.0. The molecular weight excluding hydrogens is 329 g/mol. The number of hydrogen-bond donors (Lipinski definition) is 2. The van der Waals surface area contributed by atoms with Crippen LogP contribution in [0.25, 0.3) is 0 Å². The molecule has 0 aliphatic carbocycles. The third-order valence-corrected chi connectivity index (χ3v) is 4.85. The highest BCUT2D eigenvalue weighted by atomic mass is 19.1. The van der Waals surface area contributed by atoms with Crippen LogP contribution in [0, 0.1) is 11.2 Å². The Morgan fingerprint density at radius 2 is 2.08 bits per heavy atom. The number of likely N-dealkylation sites (tertiary alicyclic amines) is 1. The first-order valence-corrected chi connectivity index (χ1v) is 8.19. The smallest absolute Gasteiger partial charge is 0.321 e. The minimum absolute atomic E-state index is 0.0367. The molecule has 2 aliphatic heterocycles. The number of urea groups is 1. The molecule has 3 rings (SSSR count). The van der Waals surface area contributed by atoms with Gasteiger partial charge in [-0.3, -0.25) is 14.5 Å². The zero-order valence-corrected chi connectivity index (χ0v) is 13.9. The third-order valence-electron chi connectivity index (χ3n) is 4.85. The zero-order chi connectivity index (χ0) is 18.2. The van der Waals surface area contributed by atoms with E-state index in [0.717, 1.165) is 6.07 Å². The fourth-order valence-corrected chi connectivity index (χ4v) is 3.32. The summed E-state index contributed by atoms with van der Waals surface area (Å²) in [4.78, 5) is 38.8. The van der Waals surface area contributed by atoms with Gasteiger partial charge in [-0.05, 0) is 38.0 Å². The number of amides is 3. The Labute approximate surface area is 144 Å². The molecule has 8 heteroatoms. The summed E-state index contributed by atoms with van der Waals surface area (Å²) in [5.74, 6) is -2.20. The number of halogens is 1. The predicted molar refractivity (Wildman–Crippen MR) is 88.0 cm³/mol. The van der Waals surface area contributed by atoms with Crippen molar-refractivity contribution in [2.75, 3.05) is 31.1 Å². The lowest BCUT2D eigenvalue weighted by molar-refractivity contribution is -0.150. The number of carboxylic acid groups (broad SMARTS) is 1. The van der Waals surface area contributed by atoms with E-state index in [9.17, 15) is 23.9 Å². The van der Waals surface area contributed by atoms with Gasteiger partial charge in [0.25, 0.3) is 5.91 Å². The molecule has 0 bridgehead atoms. The highest BCUT2D eigenvalue weighted by Crippen LogP contribution is 2.31. The van der Waals surface area contributed by atoms with Crippen molar-refractivity contribution in [1.29, 1.82) is 0 Å². The predicted octanol–water partition coefficient (Wildman–Crippen LogP) is 1.68. The van der Waals surface area contributed by atoms with Gasteiger partial charge in [-0.1, -0.05) is 0 Å². The normalized spacial score (nSPS) is 23.5. The lowest BCUT2D eigenvalue weighted by atomic mass is 9.82. The van der Waals surface area contributed by atoms with E-state index >= 15 is 0 Å². The molecule has 2 saturated heterocycles. The number of anilines is 1. The minimum Gasteiger partial charge on any atom is -0.481 e. The van der Waals surface area contributed by atoms with Gasteiger partial charge in [0.05, 0.1) is 11.0 Å². The molecule has 134 valence electrons. The van der Waals surface area contributed by atoms with Crippen molar-refractivity contribution in [2.24, 2.45) is 5.41 Å². The van der Waals surface area contributed by atoms with E-state index < -0.39 is 23.1 Å². The van der Waals surface area contributed by atoms with Crippen LogP contribution in [0.3, 0.4) is 0 Å². The largest absolute Gasteiger partial charge is 0.481 e. The lowest BCUT2D eigenvalue weighted by Crippen LogP contribution is -2.48. The summed E-state index contributed by atoms with van der Waals surface area (Å²) in [6.07, 6.45) is 1.02. The van der Waals surface area contributed by atoms with E-state index in [1.54, 1.807) is 6.92 Å². The van der Waals surface area contributed by atoms with Gasteiger partial charge in [0, 0.05) is 31.9 Å². The average molecular weight is 349 g/mol. The number of carboxylic acids is 1. The summed E-state index contributed by atoms with van der Waals surface area (Å²) >= 11 is 0. The van der Waals surface area contributed by atoms with Crippen LogP contribution in [0.5, 0.6) is 0 Å². The molecule has 1 aromatic carbocycles. The first kappa shape index (κ1) is 17.2. The maximum Gasteiger partial charge on any atom is 0.321 e. The van der Waals surface area contributed by atoms with Crippen molar-refractivity contribution in [3.63, 3.8) is 0 Å². The van der Waals surface area contributed by atoms with Gasteiger partial charge in [-0.2, -0.15) is 0 Å². The fourth-order valence-electron chi connectivity index (χ4n) is 3.32. The highest BCUT2D eigenvalue weighted by molar-refractivity contribution is 5.99. The number of carbonyl (C=O) groups excluding carboxylic acids is 2. The molecule has 1 unspecified atom stereocenters. The number of carbonyl (C=O) groups is 3. The number of benzene rings is 1. The van der Waals surface area contributed by atoms with E-state index in [4.69, 9.17) is 0 Å². The van der Waals surface area contributed by atoms with Crippen molar-refractivity contribution < 1.29 is 23.9 Å². The summed E-state index contributed by atoms with van der Waals surface area (Å²) in [7, 11) is 0. The first-order chi connectivity index (χ1) is 11.8. The van der Waals surface area contributed by atoms with E-state index in [2.05, 4.69) is 5.32 Å². The average Bonchev–Trinajstić information content (AvgIpc) is 3.01. The Balaban J connectivity index is 1.86. The monoisotopic (exact) mass is 349 g/mol. The fraction of sp³-hybridized carbons (Fsp3) is 0.471. The van der Waals surface area contributed by atoms with Crippen LogP contribution in [0.15, 0.2) is 18.2 Å². The molecule has 0 saturated carbocycles. The Morgan fingerprint density at radius 3 is 2.72 bits per heavy atom. The summed E-state index contributed by atoms with van der Waals surface area (Å²) in [6, 6.07) is 3.68. The van der Waals surface area contributed by atoms with Crippen molar-refractivity contribution >= 4 is 23.6 Å². The van der Waals surface area contributed by atoms with E-state index in [-0.39, 0.29) is 18.1 Å². The SMILES string of the molecule is CC1(C(=O)O)CCCN(C(=O)c2cc(N3CCNC3=O)ccc2F)C1. The number of rotatable bonds is 3. The van der Waals surface area contributed by atoms with Gasteiger partial charge < -0.3 is 15.3 Å². The number of hydrogen-bond acceptors (Lipinski definition) is 3. The second kappa shape index (κ2) is 6.34. The Bertz CT molecular complexity index is 739. The molecule has 2 N–H and O–H groups in total. The molecule has 2 fully saturated rings. The van der Waals surface area contributed by atoms with Gasteiger partial charge in [0.1, 0.15) is 5.82 Å². The van der Waals surface area contributed by atoms with Gasteiger partial charge in [0.2, 0.25) is 0 Å². The van der Waals surface area contributed by atoms with Gasteiger partial charge in [0.15, 0.2) is 0 Å². The first-order valence-electron chi connectivity index (χ1n) is 8.19. The minimum atomic E-state index is -1.03. The van der Waals surface area contributed by atoms with Gasteiger partial charge >= 0.3 is 12.0 Å². The van der Waals surface area contributed by atoms with Crippen LogP contribution in [0.4, 0.5) is 14.9 Å². The van der Waals surface area contributed by atoms with Crippen LogP contribution in [-0.4, -0.2) is 54.1 Å². The molecule has 0 spiro atoms. The van der Waals surface area contributed by atoms with Crippen molar-refractivity contribution in [3.05, 3.63) is 29.6 Å². The summed E-state index contributed by atoms with van der Waals surface area (Å²) < 4.78 is 14.2. The van der Waals surface area contributed by atoms with E-state index in [0.29, 0.717) is 38.2 Å². The number of piperidine rings is 1. The molecule has 2 aliphatic rings. The number of aliphatic carboxylic acids is 1. The topological polar surface area (TPSA) is 89.9 Å². The second-order valence-electron chi connectivity index (χ2n) is 6.74. The molecular formula is C17H20FN3O4. The standard InChI is InChI=1S/C17H20FN3O4/c1-17(15(23)24)5-2-7-20(10-17)14(22)12-9-11(3-4-13(12)18)21-8-6-19-16(21)25/h3-4,9H,2,5-8,10H2,1H3,(H,19,25)(H,23,24). The molecule has 0 radical (unpaired) electrons. The highest BCUT2D eigenvalue weighted by Gasteiger charge is 2.40. The maximum atomic E-state index is 14.2. The molecule has 0 aromatic heterocycles. The molecule has 3 amide bonds. The van der Waals surface area contributed by atoms with Crippen LogP contribution >= 0.6 is 0 Å². The lowest BCUT2D eigenvalue weighted by Gasteiger charge is -2.37. The zero-order valence-electron chi connectivity index (χ0n) is 13.9. The van der Waals surface area contributed by atoms with Crippen LogP contribution in [-0.2, 0) is 4.79 Å². The molecule has 1 atom stereocenters. The van der Waals surface area contributed by atoms with E-state index in [1.165, 1.54) is 21.9 Å². The second-order valence-corrected chi connectivity index (χ2v) is 6.74. The number of nitrogens with zero attached hydrogens (tertiary/aromatic N) is 2. The molecule has 25 heavy (non-hydrogen) atoms. The van der Waals surface area contributed by atoms with Crippen molar-refractivity contribution in [3.8, 4) is 0 Å². The van der Waals surface area contributed by atoms with Crippen LogP contribution < -0.4 is 10.2 Å². The van der Waals surface area contributed by atoms with Crippen LogP contribution in [0.1, 0.15) is 30.1 Å². The third kappa shape index (κ3) is 3.16. The van der Waals surface area contributed by atoms with Crippen molar-refractivity contribution in [2.45, 2.75) is 19.8 Å². The Kier molecular flexibility index (Phi) is 4.36.